The molecule has 0 bridgehead atoms. The average Bonchev–Trinajstić information content (AvgIpc) is 3.15. The van der Waals surface area contributed by atoms with Crippen LogP contribution in [0.25, 0.3) is 21.9 Å². The number of nitrogens with zero attached hydrogens (tertiary/aromatic N) is 2. The molecule has 1 fully saturated rings. The van der Waals surface area contributed by atoms with Gasteiger partial charge in [0.1, 0.15) is 5.78 Å². The Bertz CT molecular complexity index is 1230. The second-order valence-corrected chi connectivity index (χ2v) is 8.75. The van der Waals surface area contributed by atoms with Gasteiger partial charge in [-0.3, -0.25) is 14.5 Å². The van der Waals surface area contributed by atoms with Gasteiger partial charge >= 0.3 is 0 Å². The first-order chi connectivity index (χ1) is 13.5. The van der Waals surface area contributed by atoms with Crippen LogP contribution in [0.4, 0.5) is 5.69 Å². The number of Topliss-reactive ketones (excluding diaryl/α,β-unsaturated/α-hetero) is 1. The molecule has 1 atom stereocenters. The number of carbonyl (C=O) groups excluding carboxylic acids is 1. The van der Waals surface area contributed by atoms with Crippen molar-refractivity contribution in [1.82, 2.24) is 4.98 Å². The van der Waals surface area contributed by atoms with E-state index < -0.39 is 15.3 Å². The lowest BCUT2D eigenvalue weighted by Gasteiger charge is -2.17. The van der Waals surface area contributed by atoms with Gasteiger partial charge in [-0.2, -0.15) is 5.26 Å². The lowest BCUT2D eigenvalue weighted by molar-refractivity contribution is -0.117. The van der Waals surface area contributed by atoms with Gasteiger partial charge in [0.2, 0.25) is 10.0 Å². The van der Waals surface area contributed by atoms with Crippen LogP contribution in [-0.2, 0) is 14.8 Å². The summed E-state index contributed by atoms with van der Waals surface area (Å²) in [7, 11) is -3.69. The second kappa shape index (κ2) is 7.06. The van der Waals surface area contributed by atoms with Crippen molar-refractivity contribution in [2.75, 3.05) is 4.72 Å². The number of sulfonamides is 1. The highest BCUT2D eigenvalue weighted by Gasteiger charge is 2.33. The highest BCUT2D eigenvalue weighted by Crippen LogP contribution is 2.35. The molecule has 1 unspecified atom stereocenters. The molecule has 1 aromatic heterocycles. The molecule has 4 rings (SSSR count). The maximum atomic E-state index is 12.8. The highest BCUT2D eigenvalue weighted by atomic mass is 32.2. The zero-order chi connectivity index (χ0) is 19.7. The van der Waals surface area contributed by atoms with Crippen molar-refractivity contribution in [3.63, 3.8) is 0 Å². The Hall–Kier alpha value is -3.24. The standard InChI is InChI=1S/C21H17N3O3S/c22-12-14-5-8-19(18-4-2-1-3-17(14)18)20-13-23-10-9-21(20)24-28(26,27)16-7-6-15(25)11-16/h1-5,8-10,13,16H,6-7,11H2,(H,23,24). The largest absolute Gasteiger partial charge is 0.300 e. The van der Waals surface area contributed by atoms with E-state index in [1.54, 1.807) is 24.4 Å². The van der Waals surface area contributed by atoms with Crippen LogP contribution in [0.1, 0.15) is 24.8 Å². The summed E-state index contributed by atoms with van der Waals surface area (Å²) < 4.78 is 28.2. The van der Waals surface area contributed by atoms with Gasteiger partial charge in [-0.05, 0) is 29.5 Å². The number of aromatic nitrogens is 1. The topological polar surface area (TPSA) is 99.9 Å². The lowest BCUT2D eigenvalue weighted by Crippen LogP contribution is -2.26. The quantitative estimate of drug-likeness (QED) is 0.732. The van der Waals surface area contributed by atoms with E-state index in [4.69, 9.17) is 0 Å². The minimum absolute atomic E-state index is 0.0246. The van der Waals surface area contributed by atoms with E-state index in [-0.39, 0.29) is 12.2 Å². The molecule has 28 heavy (non-hydrogen) atoms. The lowest BCUT2D eigenvalue weighted by atomic mass is 9.95. The molecule has 140 valence electrons. The van der Waals surface area contributed by atoms with Gasteiger partial charge in [-0.25, -0.2) is 8.42 Å². The van der Waals surface area contributed by atoms with Gasteiger partial charge in [-0.1, -0.05) is 30.3 Å². The van der Waals surface area contributed by atoms with Crippen LogP contribution < -0.4 is 4.72 Å². The third kappa shape index (κ3) is 3.23. The summed E-state index contributed by atoms with van der Waals surface area (Å²) in [5.74, 6) is -0.0246. The molecular formula is C21H17N3O3S. The molecule has 2 aromatic carbocycles. The van der Waals surface area contributed by atoms with Crippen LogP contribution in [0.15, 0.2) is 54.9 Å². The van der Waals surface area contributed by atoms with Gasteiger partial charge in [0.05, 0.1) is 22.6 Å². The minimum Gasteiger partial charge on any atom is -0.300 e. The Morgan fingerprint density at radius 3 is 2.57 bits per heavy atom. The Morgan fingerprint density at radius 1 is 1.07 bits per heavy atom. The number of carbonyl (C=O) groups is 1. The summed E-state index contributed by atoms with van der Waals surface area (Å²) >= 11 is 0. The summed E-state index contributed by atoms with van der Waals surface area (Å²) in [5, 5.41) is 10.3. The Kier molecular flexibility index (Phi) is 4.57. The molecule has 0 saturated heterocycles. The monoisotopic (exact) mass is 391 g/mol. The second-order valence-electron chi connectivity index (χ2n) is 6.79. The van der Waals surface area contributed by atoms with Crippen molar-refractivity contribution in [1.29, 1.82) is 5.26 Å². The molecule has 0 amide bonds. The van der Waals surface area contributed by atoms with E-state index in [0.29, 0.717) is 29.7 Å². The predicted octanol–water partition coefficient (Wildman–Crippen LogP) is 3.64. The number of nitrogens with one attached hydrogen (secondary N) is 1. The molecule has 0 spiro atoms. The van der Waals surface area contributed by atoms with Crippen LogP contribution in [0.5, 0.6) is 0 Å². The summed E-state index contributed by atoms with van der Waals surface area (Å²) in [5.41, 5.74) is 2.36. The third-order valence-electron chi connectivity index (χ3n) is 5.05. The van der Waals surface area contributed by atoms with Crippen LogP contribution in [0.3, 0.4) is 0 Å². The number of rotatable bonds is 4. The van der Waals surface area contributed by atoms with E-state index in [2.05, 4.69) is 15.8 Å². The molecule has 1 aliphatic rings. The first-order valence-corrected chi connectivity index (χ1v) is 10.4. The van der Waals surface area contributed by atoms with E-state index in [9.17, 15) is 18.5 Å². The zero-order valence-electron chi connectivity index (χ0n) is 14.9. The fourth-order valence-corrected chi connectivity index (χ4v) is 5.10. The number of nitriles is 1. The van der Waals surface area contributed by atoms with Crippen LogP contribution >= 0.6 is 0 Å². The number of hydrogen-bond donors (Lipinski definition) is 1. The number of ketones is 1. The average molecular weight is 391 g/mol. The maximum absolute atomic E-state index is 12.8. The van der Waals surface area contributed by atoms with Gasteiger partial charge in [0, 0.05) is 36.2 Å². The van der Waals surface area contributed by atoms with Crippen LogP contribution in [0.2, 0.25) is 0 Å². The van der Waals surface area contributed by atoms with Crippen molar-refractivity contribution in [2.24, 2.45) is 0 Å². The molecule has 7 heteroatoms. The number of anilines is 1. The molecule has 3 aromatic rings. The third-order valence-corrected chi connectivity index (χ3v) is 6.83. The van der Waals surface area contributed by atoms with E-state index >= 15 is 0 Å². The molecule has 0 radical (unpaired) electrons. The highest BCUT2D eigenvalue weighted by molar-refractivity contribution is 7.93. The van der Waals surface area contributed by atoms with Crippen molar-refractivity contribution in [3.05, 3.63) is 60.4 Å². The fourth-order valence-electron chi connectivity index (χ4n) is 3.61. The molecule has 1 N–H and O–H groups in total. The van der Waals surface area contributed by atoms with Crippen molar-refractivity contribution in [3.8, 4) is 17.2 Å². The van der Waals surface area contributed by atoms with Gasteiger partial charge in [0.25, 0.3) is 0 Å². The Morgan fingerprint density at radius 2 is 1.86 bits per heavy atom. The van der Waals surface area contributed by atoms with E-state index in [1.807, 2.05) is 24.3 Å². The number of pyridine rings is 1. The number of hydrogen-bond acceptors (Lipinski definition) is 5. The zero-order valence-corrected chi connectivity index (χ0v) is 15.7. The van der Waals surface area contributed by atoms with Gasteiger partial charge < -0.3 is 0 Å². The van der Waals surface area contributed by atoms with Gasteiger partial charge in [0.15, 0.2) is 0 Å². The summed E-state index contributed by atoms with van der Waals surface area (Å²) in [6.07, 6.45) is 3.82. The Balaban J connectivity index is 1.81. The van der Waals surface area contributed by atoms with Crippen LogP contribution in [0, 0.1) is 11.3 Å². The molecule has 1 aliphatic carbocycles. The van der Waals surface area contributed by atoms with Crippen molar-refractivity contribution < 1.29 is 13.2 Å². The normalized spacial score (nSPS) is 16.8. The van der Waals surface area contributed by atoms with Crippen molar-refractivity contribution in [2.45, 2.75) is 24.5 Å². The molecule has 0 aliphatic heterocycles. The maximum Gasteiger partial charge on any atom is 0.236 e. The van der Waals surface area contributed by atoms with Gasteiger partial charge in [-0.15, -0.1) is 0 Å². The smallest absolute Gasteiger partial charge is 0.236 e. The SMILES string of the molecule is N#Cc1ccc(-c2cnccc2NS(=O)(=O)C2CCC(=O)C2)c2ccccc12. The van der Waals surface area contributed by atoms with Crippen molar-refractivity contribution >= 4 is 32.3 Å². The molecular weight excluding hydrogens is 374 g/mol. The van der Waals surface area contributed by atoms with E-state index in [1.165, 1.54) is 6.20 Å². The fraction of sp³-hybridized carbons (Fsp3) is 0.190. The predicted molar refractivity (Wildman–Crippen MR) is 107 cm³/mol. The summed E-state index contributed by atoms with van der Waals surface area (Å²) in [6, 6.07) is 14.8. The number of fused-ring (bicyclic) bond motifs is 1. The van der Waals surface area contributed by atoms with E-state index in [0.717, 1.165) is 16.3 Å². The molecule has 1 heterocycles. The summed E-state index contributed by atoms with van der Waals surface area (Å²) in [6.45, 7) is 0. The van der Waals surface area contributed by atoms with Crippen LogP contribution in [-0.4, -0.2) is 24.4 Å². The first-order valence-electron chi connectivity index (χ1n) is 8.89. The number of benzene rings is 2. The molecule has 6 nitrogen and oxygen atoms in total. The Labute approximate surface area is 162 Å². The molecule has 1 saturated carbocycles. The minimum atomic E-state index is -3.69. The summed E-state index contributed by atoms with van der Waals surface area (Å²) in [4.78, 5) is 15.7. The first kappa shape index (κ1) is 18.1.